The van der Waals surface area contributed by atoms with Gasteiger partial charge in [-0.2, -0.15) is 0 Å². The molecule has 1 aliphatic carbocycles. The van der Waals surface area contributed by atoms with Gasteiger partial charge in [0.05, 0.1) is 17.2 Å². The van der Waals surface area contributed by atoms with Crippen molar-refractivity contribution in [2.75, 3.05) is 0 Å². The number of nitrogens with one attached hydrogen (secondary N) is 1. The molecular weight excluding hydrogens is 258 g/mol. The van der Waals surface area contributed by atoms with Crippen molar-refractivity contribution in [3.05, 3.63) is 12.2 Å². The van der Waals surface area contributed by atoms with Crippen LogP contribution in [0.1, 0.15) is 41.5 Å². The maximum Gasteiger partial charge on any atom is 0.408 e. The fourth-order valence-electron chi connectivity index (χ4n) is 2.46. The number of fused-ring (bicyclic) bond motifs is 1. The van der Waals surface area contributed by atoms with Crippen LogP contribution in [0.4, 0.5) is 4.79 Å². The third-order valence-corrected chi connectivity index (χ3v) is 3.02. The van der Waals surface area contributed by atoms with Crippen LogP contribution in [0.3, 0.4) is 0 Å². The van der Waals surface area contributed by atoms with E-state index < -0.39 is 6.09 Å². The first-order valence-electron chi connectivity index (χ1n) is 7.06. The average molecular weight is 283 g/mol. The summed E-state index contributed by atoms with van der Waals surface area (Å²) in [7, 11) is 0. The van der Waals surface area contributed by atoms with E-state index in [9.17, 15) is 4.79 Å². The minimum atomic E-state index is -0.399. The predicted molar refractivity (Wildman–Crippen MR) is 75.6 cm³/mol. The van der Waals surface area contributed by atoms with Gasteiger partial charge in [0.15, 0.2) is 6.10 Å². The first-order chi connectivity index (χ1) is 9.05. The minimum absolute atomic E-state index is 0.144. The zero-order valence-corrected chi connectivity index (χ0v) is 13.1. The van der Waals surface area contributed by atoms with Crippen molar-refractivity contribution in [3.8, 4) is 0 Å². The number of amides is 1. The molecule has 0 aromatic heterocycles. The van der Waals surface area contributed by atoms with Crippen LogP contribution in [-0.2, 0) is 14.2 Å². The Morgan fingerprint density at radius 1 is 1.05 bits per heavy atom. The van der Waals surface area contributed by atoms with Gasteiger partial charge < -0.3 is 19.5 Å². The highest BCUT2D eigenvalue weighted by Crippen LogP contribution is 2.30. The molecule has 2 aliphatic rings. The molecule has 114 valence electrons. The molecule has 0 saturated carbocycles. The van der Waals surface area contributed by atoms with Crippen LogP contribution < -0.4 is 5.32 Å². The van der Waals surface area contributed by atoms with Crippen molar-refractivity contribution in [2.45, 2.75) is 77.1 Å². The topological polar surface area (TPSA) is 56.8 Å². The zero-order chi connectivity index (χ0) is 15.1. The van der Waals surface area contributed by atoms with Gasteiger partial charge in [-0.25, -0.2) is 4.79 Å². The van der Waals surface area contributed by atoms with Crippen LogP contribution in [-0.4, -0.2) is 41.6 Å². The van der Waals surface area contributed by atoms with Crippen LogP contribution in [0.5, 0.6) is 0 Å². The molecule has 0 aromatic carbocycles. The summed E-state index contributed by atoms with van der Waals surface area (Å²) < 4.78 is 17.5. The Morgan fingerprint density at radius 3 is 2.20 bits per heavy atom. The highest BCUT2D eigenvalue weighted by atomic mass is 16.6. The molecule has 1 N–H and O–H groups in total. The van der Waals surface area contributed by atoms with Crippen molar-refractivity contribution in [3.63, 3.8) is 0 Å². The number of alkyl carbamates (subject to hydrolysis) is 1. The lowest BCUT2D eigenvalue weighted by atomic mass is 9.93. The van der Waals surface area contributed by atoms with Crippen molar-refractivity contribution >= 4 is 6.09 Å². The molecule has 4 atom stereocenters. The molecule has 1 aliphatic heterocycles. The van der Waals surface area contributed by atoms with Crippen LogP contribution in [0.15, 0.2) is 12.2 Å². The highest BCUT2D eigenvalue weighted by molar-refractivity contribution is 5.71. The van der Waals surface area contributed by atoms with Crippen LogP contribution in [0, 0.1) is 0 Å². The maximum atomic E-state index is 11.4. The number of hydrogen-bond donors (Lipinski definition) is 1. The summed E-state index contributed by atoms with van der Waals surface area (Å²) >= 11 is 0. The summed E-state index contributed by atoms with van der Waals surface area (Å²) in [5, 5.41) is 2.77. The Kier molecular flexibility index (Phi) is 3.86. The summed E-state index contributed by atoms with van der Waals surface area (Å²) in [6, 6.07) is -0.144. The smallest absolute Gasteiger partial charge is 0.408 e. The van der Waals surface area contributed by atoms with Gasteiger partial charge in [0.25, 0.3) is 0 Å². The molecule has 1 saturated heterocycles. The van der Waals surface area contributed by atoms with Gasteiger partial charge in [-0.1, -0.05) is 12.2 Å². The number of carbonyl (C=O) groups is 1. The second kappa shape index (κ2) is 5.04. The molecular formula is C15H25NO4. The minimum Gasteiger partial charge on any atom is -0.441 e. The van der Waals surface area contributed by atoms with E-state index in [2.05, 4.69) is 5.32 Å². The average Bonchev–Trinajstić information content (AvgIpc) is 2.59. The van der Waals surface area contributed by atoms with Crippen molar-refractivity contribution in [1.82, 2.24) is 5.32 Å². The van der Waals surface area contributed by atoms with Crippen LogP contribution in [0.2, 0.25) is 0 Å². The molecule has 5 heteroatoms. The lowest BCUT2D eigenvalue weighted by Crippen LogP contribution is -2.53. The third-order valence-electron chi connectivity index (χ3n) is 3.02. The second-order valence-corrected chi connectivity index (χ2v) is 7.31. The van der Waals surface area contributed by atoms with Gasteiger partial charge in [-0.05, 0) is 41.5 Å². The van der Waals surface area contributed by atoms with E-state index >= 15 is 0 Å². The van der Waals surface area contributed by atoms with Crippen LogP contribution in [0.25, 0.3) is 0 Å². The lowest BCUT2D eigenvalue weighted by molar-refractivity contribution is -0.178. The molecule has 1 fully saturated rings. The van der Waals surface area contributed by atoms with Crippen molar-refractivity contribution in [1.29, 1.82) is 0 Å². The van der Waals surface area contributed by atoms with Crippen molar-refractivity contribution in [2.24, 2.45) is 0 Å². The number of hydrogen-bond acceptors (Lipinski definition) is 4. The SMILES string of the molecule is CC(C)(C)O[C@H]1[C@@H]2OC(=O)N[C@@H]2C=C[C@H]1OC(C)(C)C. The van der Waals surface area contributed by atoms with E-state index in [1.54, 1.807) is 0 Å². The lowest BCUT2D eigenvalue weighted by Gasteiger charge is -2.40. The number of carbonyl (C=O) groups excluding carboxylic acids is 1. The molecule has 0 radical (unpaired) electrons. The monoisotopic (exact) mass is 283 g/mol. The van der Waals surface area contributed by atoms with E-state index in [-0.39, 0.29) is 35.6 Å². The summed E-state index contributed by atoms with van der Waals surface area (Å²) in [5.74, 6) is 0. The normalized spacial score (nSPS) is 33.6. The highest BCUT2D eigenvalue weighted by Gasteiger charge is 2.47. The van der Waals surface area contributed by atoms with E-state index in [0.29, 0.717) is 0 Å². The van der Waals surface area contributed by atoms with Gasteiger partial charge in [0.2, 0.25) is 0 Å². The fourth-order valence-corrected chi connectivity index (χ4v) is 2.46. The molecule has 0 spiro atoms. The van der Waals surface area contributed by atoms with E-state index in [0.717, 1.165) is 0 Å². The van der Waals surface area contributed by atoms with Gasteiger partial charge in [-0.15, -0.1) is 0 Å². The quantitative estimate of drug-likeness (QED) is 0.791. The summed E-state index contributed by atoms with van der Waals surface area (Å²) in [5.41, 5.74) is -0.633. The molecule has 0 aromatic rings. The van der Waals surface area contributed by atoms with Gasteiger partial charge >= 0.3 is 6.09 Å². The Hall–Kier alpha value is -1.07. The van der Waals surface area contributed by atoms with Gasteiger partial charge in [0.1, 0.15) is 12.2 Å². The van der Waals surface area contributed by atoms with Crippen LogP contribution >= 0.6 is 0 Å². The number of ether oxygens (including phenoxy) is 3. The fraction of sp³-hybridized carbons (Fsp3) is 0.800. The molecule has 0 bridgehead atoms. The molecule has 20 heavy (non-hydrogen) atoms. The zero-order valence-electron chi connectivity index (χ0n) is 13.1. The Bertz CT molecular complexity index is 405. The largest absolute Gasteiger partial charge is 0.441 e. The Balaban J connectivity index is 2.22. The molecule has 2 rings (SSSR count). The van der Waals surface area contributed by atoms with E-state index in [1.807, 2.05) is 53.7 Å². The first-order valence-corrected chi connectivity index (χ1v) is 7.06. The third kappa shape index (κ3) is 3.73. The molecule has 5 nitrogen and oxygen atoms in total. The first kappa shape index (κ1) is 15.3. The standard InChI is InChI=1S/C15H25NO4/c1-14(2,3)19-10-8-7-9-11(18-13(17)16-9)12(10)20-15(4,5)6/h7-12H,1-6H3,(H,16,17)/t9-,10-,11-,12-/m1/s1. The summed E-state index contributed by atoms with van der Waals surface area (Å²) in [4.78, 5) is 11.4. The maximum absolute atomic E-state index is 11.4. The summed E-state index contributed by atoms with van der Waals surface area (Å²) in [6.07, 6.45) is 2.58. The second-order valence-electron chi connectivity index (χ2n) is 7.31. The van der Waals surface area contributed by atoms with Crippen molar-refractivity contribution < 1.29 is 19.0 Å². The molecule has 1 heterocycles. The van der Waals surface area contributed by atoms with Gasteiger partial charge in [-0.3, -0.25) is 0 Å². The summed E-state index contributed by atoms with van der Waals surface area (Å²) in [6.45, 7) is 12.0. The van der Waals surface area contributed by atoms with E-state index in [1.165, 1.54) is 0 Å². The van der Waals surface area contributed by atoms with Gasteiger partial charge in [0, 0.05) is 0 Å². The number of rotatable bonds is 2. The Labute approximate surface area is 120 Å². The van der Waals surface area contributed by atoms with E-state index in [4.69, 9.17) is 14.2 Å². The molecule has 0 unspecified atom stereocenters. The predicted octanol–water partition coefficient (Wildman–Crippen LogP) is 2.40. The molecule has 1 amide bonds. The Morgan fingerprint density at radius 2 is 1.65 bits per heavy atom.